The van der Waals surface area contributed by atoms with E-state index in [9.17, 15) is 18.4 Å². The van der Waals surface area contributed by atoms with Gasteiger partial charge in [-0.3, -0.25) is 9.59 Å². The predicted molar refractivity (Wildman–Crippen MR) is 150 cm³/mol. The topological polar surface area (TPSA) is 68.8 Å². The van der Waals surface area contributed by atoms with Crippen molar-refractivity contribution < 1.29 is 18.4 Å². The van der Waals surface area contributed by atoms with Gasteiger partial charge < -0.3 is 20.0 Å². The number of fused-ring (bicyclic) bond motifs is 1. The van der Waals surface area contributed by atoms with Crippen molar-refractivity contribution in [1.29, 1.82) is 0 Å². The summed E-state index contributed by atoms with van der Waals surface area (Å²) in [6.07, 6.45) is 6.26. The molecule has 0 aliphatic carbocycles. The Morgan fingerprint density at radius 3 is 2.58 bits per heavy atom. The third-order valence-corrected chi connectivity index (χ3v) is 8.37. The van der Waals surface area contributed by atoms with Crippen molar-refractivity contribution in [2.75, 3.05) is 42.9 Å². The fourth-order valence-corrected chi connectivity index (χ4v) is 6.24. The quantitative estimate of drug-likeness (QED) is 0.459. The predicted octanol–water partition coefficient (Wildman–Crippen LogP) is 5.25. The van der Waals surface area contributed by atoms with Crippen molar-refractivity contribution in [2.24, 2.45) is 0 Å². The van der Waals surface area contributed by atoms with E-state index in [1.54, 1.807) is 13.1 Å². The van der Waals surface area contributed by atoms with Crippen molar-refractivity contribution in [3.05, 3.63) is 77.5 Å². The van der Waals surface area contributed by atoms with Gasteiger partial charge >= 0.3 is 0 Å². The molecule has 2 unspecified atom stereocenters. The van der Waals surface area contributed by atoms with Crippen LogP contribution in [0.25, 0.3) is 11.1 Å². The van der Waals surface area contributed by atoms with Crippen LogP contribution in [0.3, 0.4) is 0 Å². The molecule has 2 amide bonds. The molecule has 0 spiro atoms. The summed E-state index contributed by atoms with van der Waals surface area (Å²) in [4.78, 5) is 36.8. The van der Waals surface area contributed by atoms with Crippen LogP contribution in [0, 0.1) is 11.6 Å². The molecule has 7 nitrogen and oxygen atoms in total. The lowest BCUT2D eigenvalue weighted by Crippen LogP contribution is -2.42. The van der Waals surface area contributed by atoms with Crippen LogP contribution in [0.1, 0.15) is 54.6 Å². The lowest BCUT2D eigenvalue weighted by Gasteiger charge is -2.34. The number of rotatable bonds is 6. The molecule has 3 aliphatic heterocycles. The second-order valence-electron chi connectivity index (χ2n) is 10.9. The van der Waals surface area contributed by atoms with E-state index in [2.05, 4.69) is 15.2 Å². The molecule has 3 aliphatic rings. The van der Waals surface area contributed by atoms with Gasteiger partial charge in [-0.15, -0.1) is 0 Å². The number of amides is 2. The van der Waals surface area contributed by atoms with Crippen molar-refractivity contribution in [1.82, 2.24) is 14.8 Å². The summed E-state index contributed by atoms with van der Waals surface area (Å²) in [6, 6.07) is 12.1. The summed E-state index contributed by atoms with van der Waals surface area (Å²) in [5, 5.41) is 3.01. The van der Waals surface area contributed by atoms with Crippen molar-refractivity contribution in [2.45, 2.75) is 44.7 Å². The first-order valence-corrected chi connectivity index (χ1v) is 14.0. The maximum atomic E-state index is 14.6. The summed E-state index contributed by atoms with van der Waals surface area (Å²) in [7, 11) is 0. The number of hydrogen-bond donors (Lipinski definition) is 1. The van der Waals surface area contributed by atoms with Gasteiger partial charge in [-0.2, -0.15) is 0 Å². The van der Waals surface area contributed by atoms with Crippen molar-refractivity contribution in [3.63, 3.8) is 0 Å². The molecule has 2 atom stereocenters. The molecule has 6 rings (SSSR count). The molecule has 2 saturated heterocycles. The van der Waals surface area contributed by atoms with Gasteiger partial charge in [0.1, 0.15) is 11.6 Å². The van der Waals surface area contributed by atoms with Crippen LogP contribution < -0.4 is 10.2 Å². The third kappa shape index (κ3) is 5.06. The highest BCUT2D eigenvalue weighted by atomic mass is 19.1. The SMILES string of the molecule is CC(c1cc(F)ccc1F)N1C(=O)CNc2ncc(-c3ccc(C(=O)N4CCCC4CN4CCCC4)cc3)cc21. The molecular formula is C31H33F2N5O2. The number of aromatic nitrogens is 1. The summed E-state index contributed by atoms with van der Waals surface area (Å²) in [5.74, 6) is -0.853. The Hall–Kier alpha value is -3.85. The lowest BCUT2D eigenvalue weighted by atomic mass is 10.0. The summed E-state index contributed by atoms with van der Waals surface area (Å²) < 4.78 is 28.5. The number of halogens is 2. The second kappa shape index (κ2) is 11.0. The van der Waals surface area contributed by atoms with Crippen LogP contribution >= 0.6 is 0 Å². The highest BCUT2D eigenvalue weighted by molar-refractivity contribution is 6.03. The largest absolute Gasteiger partial charge is 0.359 e. The van der Waals surface area contributed by atoms with Crippen LogP contribution in [-0.2, 0) is 4.79 Å². The summed E-state index contributed by atoms with van der Waals surface area (Å²) in [6.45, 7) is 5.66. The molecule has 0 radical (unpaired) electrons. The fraction of sp³-hybridized carbons (Fsp3) is 0.387. The Morgan fingerprint density at radius 2 is 1.80 bits per heavy atom. The number of carbonyl (C=O) groups is 2. The van der Waals surface area contributed by atoms with Gasteiger partial charge in [0, 0.05) is 42.0 Å². The molecule has 208 valence electrons. The Morgan fingerprint density at radius 1 is 1.02 bits per heavy atom. The number of pyridine rings is 1. The van der Waals surface area contributed by atoms with Crippen LogP contribution in [-0.4, -0.2) is 65.4 Å². The highest BCUT2D eigenvalue weighted by Gasteiger charge is 2.33. The Kier molecular flexibility index (Phi) is 7.23. The standard InChI is InChI=1S/C31H33F2N5O2/c1-20(26-16-24(32)10-11-27(26)33)38-28-15-23(17-34-30(28)35-18-29(38)39)21-6-8-22(9-7-21)31(40)37-14-4-5-25(37)19-36-12-2-3-13-36/h6-11,15-17,20,25H,2-5,12-14,18-19H2,1H3,(H,34,35). The van der Waals surface area contributed by atoms with Gasteiger partial charge in [-0.25, -0.2) is 13.8 Å². The van der Waals surface area contributed by atoms with E-state index in [4.69, 9.17) is 0 Å². The smallest absolute Gasteiger partial charge is 0.254 e. The van der Waals surface area contributed by atoms with E-state index >= 15 is 0 Å². The van der Waals surface area contributed by atoms with Gasteiger partial charge in [0.2, 0.25) is 5.91 Å². The van der Waals surface area contributed by atoms with E-state index in [0.717, 1.165) is 68.3 Å². The molecule has 3 aromatic rings. The first-order chi connectivity index (χ1) is 19.4. The summed E-state index contributed by atoms with van der Waals surface area (Å²) in [5.41, 5.74) is 2.83. The Bertz CT molecular complexity index is 1420. The number of carbonyl (C=O) groups excluding carboxylic acids is 2. The zero-order chi connectivity index (χ0) is 27.8. The number of benzene rings is 2. The zero-order valence-electron chi connectivity index (χ0n) is 22.6. The maximum Gasteiger partial charge on any atom is 0.254 e. The van der Waals surface area contributed by atoms with E-state index < -0.39 is 17.7 Å². The molecule has 1 aromatic heterocycles. The number of hydrogen-bond acceptors (Lipinski definition) is 5. The van der Waals surface area contributed by atoms with Crippen LogP contribution in [0.15, 0.2) is 54.7 Å². The van der Waals surface area contributed by atoms with Crippen LogP contribution in [0.4, 0.5) is 20.3 Å². The zero-order valence-corrected chi connectivity index (χ0v) is 22.6. The molecule has 9 heteroatoms. The minimum atomic E-state index is -0.741. The fourth-order valence-electron chi connectivity index (χ4n) is 6.24. The average Bonchev–Trinajstić information content (AvgIpc) is 3.66. The van der Waals surface area contributed by atoms with Crippen LogP contribution in [0.2, 0.25) is 0 Å². The highest BCUT2D eigenvalue weighted by Crippen LogP contribution is 2.38. The molecule has 2 fully saturated rings. The van der Waals surface area contributed by atoms with Crippen molar-refractivity contribution in [3.8, 4) is 11.1 Å². The minimum Gasteiger partial charge on any atom is -0.359 e. The lowest BCUT2D eigenvalue weighted by molar-refractivity contribution is -0.117. The number of nitrogens with one attached hydrogen (secondary N) is 1. The van der Waals surface area contributed by atoms with E-state index in [0.29, 0.717) is 17.1 Å². The van der Waals surface area contributed by atoms with Gasteiger partial charge in [-0.05, 0) is 87.7 Å². The van der Waals surface area contributed by atoms with E-state index in [1.807, 2.05) is 35.2 Å². The Balaban J connectivity index is 1.24. The third-order valence-electron chi connectivity index (χ3n) is 8.37. The molecule has 2 aromatic carbocycles. The van der Waals surface area contributed by atoms with Gasteiger partial charge in [0.05, 0.1) is 18.3 Å². The maximum absolute atomic E-state index is 14.6. The molecule has 40 heavy (non-hydrogen) atoms. The molecule has 1 N–H and O–H groups in total. The number of likely N-dealkylation sites (tertiary alicyclic amines) is 2. The Labute approximate surface area is 232 Å². The first-order valence-electron chi connectivity index (χ1n) is 14.0. The molecule has 0 saturated carbocycles. The molecular weight excluding hydrogens is 512 g/mol. The minimum absolute atomic E-state index is 0.00663. The average molecular weight is 546 g/mol. The van der Waals surface area contributed by atoms with Gasteiger partial charge in [0.25, 0.3) is 5.91 Å². The first kappa shape index (κ1) is 26.4. The van der Waals surface area contributed by atoms with E-state index in [-0.39, 0.29) is 30.0 Å². The normalized spacial score (nSPS) is 20.0. The monoisotopic (exact) mass is 545 g/mol. The summed E-state index contributed by atoms with van der Waals surface area (Å²) >= 11 is 0. The van der Waals surface area contributed by atoms with Gasteiger partial charge in [0.15, 0.2) is 5.82 Å². The number of anilines is 2. The second-order valence-corrected chi connectivity index (χ2v) is 10.9. The molecule has 0 bridgehead atoms. The van der Waals surface area contributed by atoms with Crippen LogP contribution in [0.5, 0.6) is 0 Å². The number of nitrogens with zero attached hydrogens (tertiary/aromatic N) is 4. The molecule has 4 heterocycles. The van der Waals surface area contributed by atoms with E-state index in [1.165, 1.54) is 17.7 Å². The van der Waals surface area contributed by atoms with Gasteiger partial charge in [-0.1, -0.05) is 12.1 Å². The van der Waals surface area contributed by atoms with Crippen molar-refractivity contribution >= 4 is 23.3 Å².